The molecule has 0 bridgehead atoms. The molecule has 1 unspecified atom stereocenters. The largest absolute Gasteiger partial charge is 0.385 e. The Morgan fingerprint density at radius 2 is 2.10 bits per heavy atom. The van der Waals surface area contributed by atoms with E-state index >= 15 is 0 Å². The van der Waals surface area contributed by atoms with Crippen LogP contribution in [0.1, 0.15) is 38.2 Å². The van der Waals surface area contributed by atoms with Crippen LogP contribution in [0.2, 0.25) is 0 Å². The van der Waals surface area contributed by atoms with Crippen molar-refractivity contribution in [2.24, 2.45) is 0 Å². The van der Waals surface area contributed by atoms with Crippen molar-refractivity contribution in [3.05, 3.63) is 42.2 Å². The van der Waals surface area contributed by atoms with Crippen LogP contribution in [0.25, 0.3) is 0 Å². The number of benzene rings is 1. The summed E-state index contributed by atoms with van der Waals surface area (Å²) in [5.41, 5.74) is 2.15. The van der Waals surface area contributed by atoms with Gasteiger partial charge in [0.25, 0.3) is 0 Å². The molecule has 0 aliphatic rings. The third-order valence-corrected chi connectivity index (χ3v) is 4.57. The summed E-state index contributed by atoms with van der Waals surface area (Å²) < 4.78 is 12.2. The number of anilines is 1. The fraction of sp³-hybridized carbons (Fsp3) is 0.438. The van der Waals surface area contributed by atoms with E-state index in [0.29, 0.717) is 10.9 Å². The first-order chi connectivity index (χ1) is 10.3. The van der Waals surface area contributed by atoms with Crippen molar-refractivity contribution in [2.45, 2.75) is 43.5 Å². The van der Waals surface area contributed by atoms with Gasteiger partial charge in [0.2, 0.25) is 0 Å². The second-order valence-electron chi connectivity index (χ2n) is 5.03. The van der Waals surface area contributed by atoms with Crippen molar-refractivity contribution in [1.29, 1.82) is 0 Å². The first-order valence-electron chi connectivity index (χ1n) is 7.50. The van der Waals surface area contributed by atoms with E-state index in [2.05, 4.69) is 28.3 Å². The summed E-state index contributed by atoms with van der Waals surface area (Å²) in [5.74, 6) is 0.478. The van der Waals surface area contributed by atoms with Gasteiger partial charge in [0, 0.05) is 24.6 Å². The summed E-state index contributed by atoms with van der Waals surface area (Å²) in [4.78, 5) is 6.97. The van der Waals surface area contributed by atoms with E-state index in [-0.39, 0.29) is 0 Å². The summed E-state index contributed by atoms with van der Waals surface area (Å²) in [6.07, 6.45) is 8.29. The number of imidazole rings is 1. The molecule has 114 valence electrons. The molecule has 0 fully saturated rings. The second-order valence-corrected chi connectivity index (χ2v) is 6.40. The summed E-state index contributed by atoms with van der Waals surface area (Å²) in [5, 5.41) is 3.99. The Hall–Kier alpha value is -1.62. The molecule has 1 aromatic carbocycles. The molecular formula is C16H23N3OS. The molecule has 2 rings (SSSR count). The minimum atomic E-state index is -1.13. The van der Waals surface area contributed by atoms with Gasteiger partial charge in [0.05, 0.1) is 16.6 Å². The average molecular weight is 305 g/mol. The lowest BCUT2D eigenvalue weighted by Gasteiger charge is -2.11. The Labute approximate surface area is 128 Å². The van der Waals surface area contributed by atoms with Gasteiger partial charge in [0.15, 0.2) is 5.16 Å². The molecule has 0 saturated heterocycles. The molecule has 2 aromatic rings. The number of nitrogens with one attached hydrogen (secondary N) is 2. The third-order valence-electron chi connectivity index (χ3n) is 3.34. The summed E-state index contributed by atoms with van der Waals surface area (Å²) in [7, 11) is -1.13. The van der Waals surface area contributed by atoms with Crippen molar-refractivity contribution in [3.63, 3.8) is 0 Å². The lowest BCUT2D eigenvalue weighted by atomic mass is 10.2. The zero-order valence-electron chi connectivity index (χ0n) is 12.5. The zero-order valence-corrected chi connectivity index (χ0v) is 13.3. The Balaban J connectivity index is 1.92. The topological polar surface area (TPSA) is 57.8 Å². The highest BCUT2D eigenvalue weighted by atomic mass is 32.2. The molecule has 21 heavy (non-hydrogen) atoms. The van der Waals surface area contributed by atoms with Crippen molar-refractivity contribution >= 4 is 16.5 Å². The molecule has 0 saturated carbocycles. The molecule has 0 amide bonds. The van der Waals surface area contributed by atoms with Crippen LogP contribution in [0.15, 0.2) is 41.8 Å². The van der Waals surface area contributed by atoms with Crippen molar-refractivity contribution in [2.75, 3.05) is 11.9 Å². The van der Waals surface area contributed by atoms with Crippen LogP contribution >= 0.6 is 0 Å². The SMILES string of the molecule is CCCCCCNc1ccccc1CS(=O)c1ncc[nH]1. The number of aromatic nitrogens is 2. The van der Waals surface area contributed by atoms with Crippen LogP contribution in [0.3, 0.4) is 0 Å². The quantitative estimate of drug-likeness (QED) is 0.694. The molecule has 1 aromatic heterocycles. The van der Waals surface area contributed by atoms with Gasteiger partial charge in [0.1, 0.15) is 0 Å². The van der Waals surface area contributed by atoms with E-state index in [4.69, 9.17) is 0 Å². The van der Waals surface area contributed by atoms with E-state index in [1.165, 1.54) is 25.7 Å². The van der Waals surface area contributed by atoms with Crippen molar-refractivity contribution in [3.8, 4) is 0 Å². The fourth-order valence-electron chi connectivity index (χ4n) is 2.18. The van der Waals surface area contributed by atoms with E-state index in [1.807, 2.05) is 18.2 Å². The molecule has 5 heteroatoms. The van der Waals surface area contributed by atoms with Gasteiger partial charge >= 0.3 is 0 Å². The second kappa shape index (κ2) is 8.62. The Morgan fingerprint density at radius 3 is 2.86 bits per heavy atom. The zero-order chi connectivity index (χ0) is 14.9. The number of hydrogen-bond donors (Lipinski definition) is 2. The molecule has 0 spiro atoms. The van der Waals surface area contributed by atoms with Crippen LogP contribution < -0.4 is 5.32 Å². The maximum Gasteiger partial charge on any atom is 0.196 e. The number of hydrogen-bond acceptors (Lipinski definition) is 3. The normalized spacial score (nSPS) is 12.2. The van der Waals surface area contributed by atoms with Crippen LogP contribution in [0.4, 0.5) is 5.69 Å². The predicted octanol–water partition coefficient (Wildman–Crippen LogP) is 3.71. The van der Waals surface area contributed by atoms with E-state index in [1.54, 1.807) is 12.4 Å². The molecule has 0 radical (unpaired) electrons. The minimum absolute atomic E-state index is 0.478. The Kier molecular flexibility index (Phi) is 6.47. The van der Waals surface area contributed by atoms with E-state index < -0.39 is 10.8 Å². The number of rotatable bonds is 9. The first-order valence-corrected chi connectivity index (χ1v) is 8.82. The highest BCUT2D eigenvalue weighted by molar-refractivity contribution is 7.84. The van der Waals surface area contributed by atoms with Crippen LogP contribution in [-0.4, -0.2) is 20.7 Å². The van der Waals surface area contributed by atoms with Gasteiger partial charge < -0.3 is 10.3 Å². The molecule has 2 N–H and O–H groups in total. The van der Waals surface area contributed by atoms with Gasteiger partial charge in [-0.3, -0.25) is 4.21 Å². The van der Waals surface area contributed by atoms with E-state index in [0.717, 1.165) is 17.8 Å². The van der Waals surface area contributed by atoms with Crippen LogP contribution in [0, 0.1) is 0 Å². The van der Waals surface area contributed by atoms with Crippen LogP contribution in [-0.2, 0) is 16.6 Å². The third kappa shape index (κ3) is 5.01. The van der Waals surface area contributed by atoms with Crippen molar-refractivity contribution < 1.29 is 4.21 Å². The molecule has 0 aliphatic carbocycles. The van der Waals surface area contributed by atoms with Gasteiger partial charge in [-0.2, -0.15) is 0 Å². The molecule has 1 heterocycles. The Morgan fingerprint density at radius 1 is 1.24 bits per heavy atom. The number of H-pyrrole nitrogens is 1. The highest BCUT2D eigenvalue weighted by Gasteiger charge is 2.10. The van der Waals surface area contributed by atoms with Crippen LogP contribution in [0.5, 0.6) is 0 Å². The lowest BCUT2D eigenvalue weighted by molar-refractivity contribution is 0.676. The number of para-hydroxylation sites is 1. The average Bonchev–Trinajstić information content (AvgIpc) is 3.03. The Bertz CT molecular complexity index is 554. The van der Waals surface area contributed by atoms with Gasteiger partial charge in [-0.05, 0) is 18.1 Å². The van der Waals surface area contributed by atoms with Gasteiger partial charge in [-0.15, -0.1) is 0 Å². The maximum atomic E-state index is 12.2. The lowest BCUT2D eigenvalue weighted by Crippen LogP contribution is -2.06. The summed E-state index contributed by atoms with van der Waals surface area (Å²) in [6, 6.07) is 8.06. The number of nitrogens with zero attached hydrogens (tertiary/aromatic N) is 1. The standard InChI is InChI=1S/C16H23N3OS/c1-2-3-4-7-10-17-15-9-6-5-8-14(15)13-21(20)16-18-11-12-19-16/h5-6,8-9,11-12,17H,2-4,7,10,13H2,1H3,(H,18,19). The summed E-state index contributed by atoms with van der Waals surface area (Å²) >= 11 is 0. The van der Waals surface area contributed by atoms with Gasteiger partial charge in [-0.1, -0.05) is 44.4 Å². The number of unbranched alkanes of at least 4 members (excludes halogenated alkanes) is 3. The minimum Gasteiger partial charge on any atom is -0.385 e. The van der Waals surface area contributed by atoms with E-state index in [9.17, 15) is 4.21 Å². The van der Waals surface area contributed by atoms with Crippen molar-refractivity contribution in [1.82, 2.24) is 9.97 Å². The first kappa shape index (κ1) is 15.8. The molecule has 4 nitrogen and oxygen atoms in total. The monoisotopic (exact) mass is 305 g/mol. The number of aromatic amines is 1. The molecule has 1 atom stereocenters. The maximum absolute atomic E-state index is 12.2. The molecule has 0 aliphatic heterocycles. The highest BCUT2D eigenvalue weighted by Crippen LogP contribution is 2.18. The fourth-order valence-corrected chi connectivity index (χ4v) is 3.23. The van der Waals surface area contributed by atoms with Gasteiger partial charge in [-0.25, -0.2) is 4.98 Å². The summed E-state index contributed by atoms with van der Waals surface area (Å²) in [6.45, 7) is 3.18. The molecular weight excluding hydrogens is 282 g/mol. The predicted molar refractivity (Wildman–Crippen MR) is 87.8 cm³/mol. The smallest absolute Gasteiger partial charge is 0.196 e.